The van der Waals surface area contributed by atoms with Gasteiger partial charge in [-0.1, -0.05) is 12.1 Å². The molecule has 0 spiro atoms. The summed E-state index contributed by atoms with van der Waals surface area (Å²) in [5, 5.41) is 3.62. The monoisotopic (exact) mass is 330 g/mol. The van der Waals surface area contributed by atoms with E-state index in [1.54, 1.807) is 18.5 Å². The average Bonchev–Trinajstić information content (AvgIpc) is 3.23. The standard InChI is InChI=1S/C16H14N2O2S2/c19-22(20,16-14(7-9-21-16)11-4-5-11)18-15-3-1-2-12-10-17-8-6-13(12)15/h1-3,6-11,18H,4-5H2. The lowest BCUT2D eigenvalue weighted by Crippen LogP contribution is -2.13. The first-order valence-electron chi connectivity index (χ1n) is 7.08. The summed E-state index contributed by atoms with van der Waals surface area (Å²) in [5.74, 6) is 0.412. The number of pyridine rings is 1. The fraction of sp³-hybridized carbons (Fsp3) is 0.188. The maximum atomic E-state index is 12.7. The van der Waals surface area contributed by atoms with Crippen LogP contribution in [0, 0.1) is 0 Å². The zero-order chi connectivity index (χ0) is 15.2. The second-order valence-electron chi connectivity index (χ2n) is 5.45. The Morgan fingerprint density at radius 3 is 2.86 bits per heavy atom. The molecule has 0 radical (unpaired) electrons. The molecule has 2 aromatic heterocycles. The molecule has 22 heavy (non-hydrogen) atoms. The van der Waals surface area contributed by atoms with Crippen molar-refractivity contribution in [3.63, 3.8) is 0 Å². The van der Waals surface area contributed by atoms with E-state index in [0.29, 0.717) is 15.8 Å². The van der Waals surface area contributed by atoms with E-state index in [1.807, 2.05) is 29.6 Å². The number of nitrogens with one attached hydrogen (secondary N) is 1. The third-order valence-electron chi connectivity index (χ3n) is 3.84. The summed E-state index contributed by atoms with van der Waals surface area (Å²) < 4.78 is 28.7. The van der Waals surface area contributed by atoms with Crippen LogP contribution in [0.25, 0.3) is 10.8 Å². The van der Waals surface area contributed by atoms with Gasteiger partial charge in [0.2, 0.25) is 0 Å². The summed E-state index contributed by atoms with van der Waals surface area (Å²) in [6.45, 7) is 0. The maximum Gasteiger partial charge on any atom is 0.271 e. The van der Waals surface area contributed by atoms with Gasteiger partial charge in [-0.25, -0.2) is 8.42 Å². The van der Waals surface area contributed by atoms with Crippen molar-refractivity contribution < 1.29 is 8.42 Å². The molecule has 1 aromatic carbocycles. The number of hydrogen-bond donors (Lipinski definition) is 1. The summed E-state index contributed by atoms with van der Waals surface area (Å²) >= 11 is 1.29. The fourth-order valence-electron chi connectivity index (χ4n) is 2.62. The van der Waals surface area contributed by atoms with Crippen LogP contribution in [0.5, 0.6) is 0 Å². The zero-order valence-corrected chi connectivity index (χ0v) is 13.3. The van der Waals surface area contributed by atoms with E-state index in [4.69, 9.17) is 0 Å². The first-order chi connectivity index (χ1) is 10.6. The molecule has 4 nitrogen and oxygen atoms in total. The Morgan fingerprint density at radius 1 is 1.18 bits per heavy atom. The molecule has 1 N–H and O–H groups in total. The lowest BCUT2D eigenvalue weighted by atomic mass is 10.1. The van der Waals surface area contributed by atoms with Crippen molar-refractivity contribution in [3.05, 3.63) is 53.7 Å². The summed E-state index contributed by atoms with van der Waals surface area (Å²) in [7, 11) is -3.55. The van der Waals surface area contributed by atoms with Crippen LogP contribution in [0.15, 0.2) is 52.3 Å². The molecule has 0 aliphatic heterocycles. The van der Waals surface area contributed by atoms with Gasteiger partial charge in [0.25, 0.3) is 10.0 Å². The van der Waals surface area contributed by atoms with Crippen molar-refractivity contribution in [2.75, 3.05) is 4.72 Å². The van der Waals surface area contributed by atoms with E-state index in [1.165, 1.54) is 11.3 Å². The van der Waals surface area contributed by atoms with Crippen LogP contribution >= 0.6 is 11.3 Å². The molecule has 112 valence electrons. The molecule has 4 rings (SSSR count). The van der Waals surface area contributed by atoms with Gasteiger partial charge >= 0.3 is 0 Å². The Hall–Kier alpha value is -1.92. The second-order valence-corrected chi connectivity index (χ2v) is 8.24. The Labute approximate surface area is 132 Å². The van der Waals surface area contributed by atoms with Crippen LogP contribution in [-0.4, -0.2) is 13.4 Å². The first-order valence-corrected chi connectivity index (χ1v) is 9.44. The molecule has 1 fully saturated rings. The van der Waals surface area contributed by atoms with Gasteiger partial charge in [0, 0.05) is 23.2 Å². The normalized spacial score (nSPS) is 15.1. The van der Waals surface area contributed by atoms with Crippen molar-refractivity contribution in [2.24, 2.45) is 0 Å². The highest BCUT2D eigenvalue weighted by Crippen LogP contribution is 2.45. The molecule has 0 amide bonds. The number of aromatic nitrogens is 1. The molecule has 1 aliphatic rings. The molecule has 2 heterocycles. The maximum absolute atomic E-state index is 12.7. The van der Waals surface area contributed by atoms with Gasteiger partial charge in [-0.05, 0) is 47.9 Å². The minimum absolute atomic E-state index is 0.412. The van der Waals surface area contributed by atoms with E-state index in [9.17, 15) is 8.42 Å². The van der Waals surface area contributed by atoms with Crippen molar-refractivity contribution >= 4 is 37.8 Å². The van der Waals surface area contributed by atoms with Gasteiger partial charge in [0.05, 0.1) is 5.69 Å². The molecule has 6 heteroatoms. The number of nitrogens with zero attached hydrogens (tertiary/aromatic N) is 1. The van der Waals surface area contributed by atoms with Crippen molar-refractivity contribution in [3.8, 4) is 0 Å². The van der Waals surface area contributed by atoms with E-state index < -0.39 is 10.0 Å². The number of benzene rings is 1. The van der Waals surface area contributed by atoms with Crippen LogP contribution in [0.3, 0.4) is 0 Å². The molecular weight excluding hydrogens is 316 g/mol. The number of sulfonamides is 1. The van der Waals surface area contributed by atoms with Crippen molar-refractivity contribution in [1.82, 2.24) is 4.98 Å². The quantitative estimate of drug-likeness (QED) is 0.787. The molecule has 1 aliphatic carbocycles. The minimum atomic E-state index is -3.55. The highest BCUT2D eigenvalue weighted by atomic mass is 32.2. The van der Waals surface area contributed by atoms with E-state index in [0.717, 1.165) is 29.2 Å². The third kappa shape index (κ3) is 2.38. The van der Waals surface area contributed by atoms with Crippen molar-refractivity contribution in [2.45, 2.75) is 23.0 Å². The number of rotatable bonds is 4. The molecule has 0 atom stereocenters. The summed E-state index contributed by atoms with van der Waals surface area (Å²) in [4.78, 5) is 4.07. The second kappa shape index (κ2) is 5.07. The molecule has 3 aromatic rings. The number of anilines is 1. The highest BCUT2D eigenvalue weighted by Gasteiger charge is 2.31. The van der Waals surface area contributed by atoms with Gasteiger partial charge in [-0.3, -0.25) is 9.71 Å². The van der Waals surface area contributed by atoms with Crippen LogP contribution in [0.2, 0.25) is 0 Å². The highest BCUT2D eigenvalue weighted by molar-refractivity contribution is 7.94. The van der Waals surface area contributed by atoms with Gasteiger partial charge < -0.3 is 0 Å². The fourth-order valence-corrected chi connectivity index (χ4v) is 5.24. The van der Waals surface area contributed by atoms with Crippen molar-refractivity contribution in [1.29, 1.82) is 0 Å². The molecule has 0 saturated heterocycles. The van der Waals surface area contributed by atoms with Crippen LogP contribution < -0.4 is 4.72 Å². The lowest BCUT2D eigenvalue weighted by Gasteiger charge is -2.10. The van der Waals surface area contributed by atoms with E-state index in [2.05, 4.69) is 9.71 Å². The number of thiophene rings is 1. The Kier molecular flexibility index (Phi) is 3.16. The predicted octanol–water partition coefficient (Wildman–Crippen LogP) is 3.97. The molecular formula is C16H14N2O2S2. The SMILES string of the molecule is O=S(=O)(Nc1cccc2cnccc12)c1sccc1C1CC1. The van der Waals surface area contributed by atoms with Gasteiger partial charge in [-0.15, -0.1) is 11.3 Å². The topological polar surface area (TPSA) is 59.1 Å². The Bertz CT molecular complexity index is 938. The Morgan fingerprint density at radius 2 is 2.05 bits per heavy atom. The molecule has 0 bridgehead atoms. The average molecular weight is 330 g/mol. The van der Waals surface area contributed by atoms with Crippen LogP contribution in [0.4, 0.5) is 5.69 Å². The van der Waals surface area contributed by atoms with Gasteiger partial charge in [0.1, 0.15) is 4.21 Å². The van der Waals surface area contributed by atoms with Gasteiger partial charge in [0.15, 0.2) is 0 Å². The van der Waals surface area contributed by atoms with E-state index in [-0.39, 0.29) is 0 Å². The first kappa shape index (κ1) is 13.7. The summed E-state index contributed by atoms with van der Waals surface area (Å²) in [5.41, 5.74) is 1.55. The lowest BCUT2D eigenvalue weighted by molar-refractivity contribution is 0.602. The van der Waals surface area contributed by atoms with E-state index >= 15 is 0 Å². The Balaban J connectivity index is 1.76. The number of fused-ring (bicyclic) bond motifs is 1. The summed E-state index contributed by atoms with van der Waals surface area (Å²) in [6, 6.07) is 9.29. The predicted molar refractivity (Wildman–Crippen MR) is 88.8 cm³/mol. The number of hydrogen-bond acceptors (Lipinski definition) is 4. The van der Waals surface area contributed by atoms with Crippen LogP contribution in [0.1, 0.15) is 24.3 Å². The smallest absolute Gasteiger partial charge is 0.271 e. The molecule has 1 saturated carbocycles. The summed E-state index contributed by atoms with van der Waals surface area (Å²) in [6.07, 6.45) is 5.56. The largest absolute Gasteiger partial charge is 0.278 e. The molecule has 0 unspecified atom stereocenters. The van der Waals surface area contributed by atoms with Gasteiger partial charge in [-0.2, -0.15) is 0 Å². The minimum Gasteiger partial charge on any atom is -0.278 e. The van der Waals surface area contributed by atoms with Crippen LogP contribution in [-0.2, 0) is 10.0 Å². The zero-order valence-electron chi connectivity index (χ0n) is 11.7. The third-order valence-corrected chi connectivity index (χ3v) is 6.73.